The molecular weight excluding hydrogens is 408 g/mol. The zero-order chi connectivity index (χ0) is 22.2. The number of amides is 1. The van der Waals surface area contributed by atoms with Crippen LogP contribution in [0.5, 0.6) is 0 Å². The molecule has 0 saturated carbocycles. The molecule has 2 aromatic carbocycles. The minimum atomic E-state index is -6.03. The second kappa shape index (κ2) is 7.39. The number of hydrogen-bond donors (Lipinski definition) is 2. The predicted molar refractivity (Wildman–Crippen MR) is 88.6 cm³/mol. The summed E-state index contributed by atoms with van der Waals surface area (Å²) in [6, 6.07) is 7.49. The number of carbonyl (C=O) groups excluding carboxylic acids is 1. The molecule has 0 atom stereocenters. The van der Waals surface area contributed by atoms with Crippen LogP contribution in [0.15, 0.2) is 48.5 Å². The summed E-state index contributed by atoms with van der Waals surface area (Å²) in [6.07, 6.45) is -12.1. The fraction of sp³-hybridized carbons (Fsp3) is 0.222. The summed E-state index contributed by atoms with van der Waals surface area (Å²) >= 11 is 0. The van der Waals surface area contributed by atoms with Gasteiger partial charge >= 0.3 is 18.3 Å². The predicted octanol–water partition coefficient (Wildman–Crippen LogP) is 3.97. The van der Waals surface area contributed by atoms with Crippen molar-refractivity contribution in [2.75, 3.05) is 11.9 Å². The summed E-state index contributed by atoms with van der Waals surface area (Å²) in [7, 11) is 1.16. The lowest BCUT2D eigenvalue weighted by molar-refractivity contribution is -0.376. The first-order valence-electron chi connectivity index (χ1n) is 7.78. The number of benzene rings is 2. The molecule has 0 saturated heterocycles. The molecule has 0 heterocycles. The van der Waals surface area contributed by atoms with E-state index in [0.29, 0.717) is 12.1 Å². The summed E-state index contributed by atoms with van der Waals surface area (Å²) in [4.78, 5) is 24.6. The largest absolute Gasteiger partial charge is 0.478 e. The van der Waals surface area contributed by atoms with Crippen LogP contribution in [-0.4, -0.2) is 41.5 Å². The first kappa shape index (κ1) is 22.2. The lowest BCUT2D eigenvalue weighted by atomic mass is 9.92. The quantitative estimate of drug-likeness (QED) is 0.733. The molecule has 2 aromatic rings. The van der Waals surface area contributed by atoms with E-state index in [9.17, 15) is 41.0 Å². The Balaban J connectivity index is 2.42. The van der Waals surface area contributed by atoms with Crippen LogP contribution in [0.3, 0.4) is 0 Å². The Morgan fingerprint density at radius 3 is 1.69 bits per heavy atom. The fourth-order valence-corrected chi connectivity index (χ4v) is 2.57. The number of hydrogen-bond acceptors (Lipinski definition) is 3. The maximum Gasteiger partial charge on any atom is 0.430 e. The first-order valence-corrected chi connectivity index (χ1v) is 7.78. The van der Waals surface area contributed by atoms with E-state index in [4.69, 9.17) is 5.11 Å². The molecule has 5 nitrogen and oxygen atoms in total. The molecule has 11 heteroatoms. The summed E-state index contributed by atoms with van der Waals surface area (Å²) in [5, 5.41) is 18.5. The number of anilines is 1. The van der Waals surface area contributed by atoms with Gasteiger partial charge in [-0.3, -0.25) is 4.79 Å². The molecule has 0 unspecified atom stereocenters. The van der Waals surface area contributed by atoms with Gasteiger partial charge in [0.05, 0.1) is 11.1 Å². The average molecular weight is 421 g/mol. The van der Waals surface area contributed by atoms with Gasteiger partial charge in [0.1, 0.15) is 0 Å². The molecule has 156 valence electrons. The smallest absolute Gasteiger partial charge is 0.430 e. The summed E-state index contributed by atoms with van der Waals surface area (Å²) in [5.41, 5.74) is -7.24. The topological polar surface area (TPSA) is 77.8 Å². The Bertz CT molecular complexity index is 907. The van der Waals surface area contributed by atoms with E-state index in [0.717, 1.165) is 24.1 Å². The maximum absolute atomic E-state index is 12.9. The van der Waals surface area contributed by atoms with Gasteiger partial charge in [-0.15, -0.1) is 0 Å². The van der Waals surface area contributed by atoms with E-state index in [2.05, 4.69) is 0 Å². The summed E-state index contributed by atoms with van der Waals surface area (Å²) < 4.78 is 77.5. The first-order chi connectivity index (χ1) is 13.2. The van der Waals surface area contributed by atoms with Gasteiger partial charge in [0.2, 0.25) is 0 Å². The average Bonchev–Trinajstić information content (AvgIpc) is 2.64. The van der Waals surface area contributed by atoms with Crippen LogP contribution < -0.4 is 4.90 Å². The zero-order valence-electron chi connectivity index (χ0n) is 14.5. The highest BCUT2D eigenvalue weighted by atomic mass is 19.4. The third kappa shape index (κ3) is 3.90. The Labute approximate surface area is 159 Å². The Morgan fingerprint density at radius 1 is 0.828 bits per heavy atom. The normalized spacial score (nSPS) is 12.6. The highest BCUT2D eigenvalue weighted by Crippen LogP contribution is 2.50. The van der Waals surface area contributed by atoms with E-state index in [1.165, 1.54) is 24.3 Å². The van der Waals surface area contributed by atoms with Crippen molar-refractivity contribution in [3.05, 3.63) is 65.2 Å². The molecule has 2 N–H and O–H groups in total. The summed E-state index contributed by atoms with van der Waals surface area (Å²) in [5.74, 6) is -2.24. The van der Waals surface area contributed by atoms with Crippen molar-refractivity contribution >= 4 is 17.6 Å². The standard InChI is InChI=1S/C18H13F6NO4/c1-25(14(26)12-4-2-3-5-13(12)15(27)28)11-8-6-10(7-9-11)16(29,17(19,20)21)18(22,23)24/h2-9,29H,1H3,(H,27,28). The van der Waals surface area contributed by atoms with Crippen molar-refractivity contribution < 1.29 is 46.1 Å². The number of alkyl halides is 6. The van der Waals surface area contributed by atoms with E-state index < -0.39 is 35.4 Å². The molecule has 0 aliphatic carbocycles. The Morgan fingerprint density at radius 2 is 1.28 bits per heavy atom. The van der Waals surface area contributed by atoms with Crippen LogP contribution in [0.25, 0.3) is 0 Å². The van der Waals surface area contributed by atoms with Crippen LogP contribution >= 0.6 is 0 Å². The number of carbonyl (C=O) groups is 2. The van der Waals surface area contributed by atoms with Crippen LogP contribution in [0.4, 0.5) is 32.0 Å². The molecule has 0 aliphatic rings. The number of carboxylic acids is 1. The molecule has 0 aromatic heterocycles. The molecule has 2 rings (SSSR count). The molecule has 0 fully saturated rings. The molecule has 0 spiro atoms. The van der Waals surface area contributed by atoms with E-state index >= 15 is 0 Å². The van der Waals surface area contributed by atoms with Gasteiger partial charge in [-0.2, -0.15) is 26.3 Å². The van der Waals surface area contributed by atoms with Crippen molar-refractivity contribution in [1.29, 1.82) is 0 Å². The van der Waals surface area contributed by atoms with Crippen molar-refractivity contribution in [2.24, 2.45) is 0 Å². The number of halogens is 6. The van der Waals surface area contributed by atoms with E-state index in [-0.39, 0.29) is 16.8 Å². The van der Waals surface area contributed by atoms with E-state index in [1.807, 2.05) is 0 Å². The lowest BCUT2D eigenvalue weighted by Crippen LogP contribution is -2.53. The highest BCUT2D eigenvalue weighted by Gasteiger charge is 2.71. The SMILES string of the molecule is CN(C(=O)c1ccccc1C(=O)O)c1ccc(C(O)(C(F)(F)F)C(F)(F)F)cc1. The van der Waals surface area contributed by atoms with Gasteiger partial charge in [-0.05, 0) is 24.3 Å². The Hall–Kier alpha value is -3.08. The second-order valence-corrected chi connectivity index (χ2v) is 5.97. The lowest BCUT2D eigenvalue weighted by Gasteiger charge is -2.32. The minimum Gasteiger partial charge on any atom is -0.478 e. The van der Waals surface area contributed by atoms with Crippen LogP contribution in [0.2, 0.25) is 0 Å². The molecule has 0 bridgehead atoms. The maximum atomic E-state index is 12.9. The number of rotatable bonds is 4. The van der Waals surface area contributed by atoms with Gasteiger partial charge in [-0.1, -0.05) is 24.3 Å². The summed E-state index contributed by atoms with van der Waals surface area (Å²) in [6.45, 7) is 0. The fourth-order valence-electron chi connectivity index (χ4n) is 2.57. The molecule has 29 heavy (non-hydrogen) atoms. The second-order valence-electron chi connectivity index (χ2n) is 5.97. The monoisotopic (exact) mass is 421 g/mol. The minimum absolute atomic E-state index is 0.120. The number of carboxylic acid groups (broad SMARTS) is 1. The van der Waals surface area contributed by atoms with Crippen molar-refractivity contribution in [2.45, 2.75) is 18.0 Å². The van der Waals surface area contributed by atoms with Gasteiger partial charge < -0.3 is 15.1 Å². The van der Waals surface area contributed by atoms with Crippen molar-refractivity contribution in [3.63, 3.8) is 0 Å². The number of nitrogens with zero attached hydrogens (tertiary/aromatic N) is 1. The van der Waals surface area contributed by atoms with E-state index in [1.54, 1.807) is 0 Å². The van der Waals surface area contributed by atoms with Crippen LogP contribution in [-0.2, 0) is 5.60 Å². The third-order valence-corrected chi connectivity index (χ3v) is 4.19. The molecular formula is C18H13F6NO4. The van der Waals surface area contributed by atoms with Gasteiger partial charge in [0, 0.05) is 18.3 Å². The third-order valence-electron chi connectivity index (χ3n) is 4.19. The van der Waals surface area contributed by atoms with Gasteiger partial charge in [-0.25, -0.2) is 4.79 Å². The Kier molecular flexibility index (Phi) is 5.66. The molecule has 0 aliphatic heterocycles. The van der Waals surface area contributed by atoms with Gasteiger partial charge in [0.15, 0.2) is 0 Å². The highest BCUT2D eigenvalue weighted by molar-refractivity contribution is 6.11. The van der Waals surface area contributed by atoms with Crippen molar-refractivity contribution in [1.82, 2.24) is 0 Å². The number of aromatic carboxylic acids is 1. The number of aliphatic hydroxyl groups is 1. The molecule has 0 radical (unpaired) electrons. The van der Waals surface area contributed by atoms with Crippen LogP contribution in [0.1, 0.15) is 26.3 Å². The van der Waals surface area contributed by atoms with Crippen LogP contribution in [0, 0.1) is 0 Å². The zero-order valence-corrected chi connectivity index (χ0v) is 14.5. The van der Waals surface area contributed by atoms with Crippen molar-refractivity contribution in [3.8, 4) is 0 Å². The van der Waals surface area contributed by atoms with Gasteiger partial charge in [0.25, 0.3) is 11.5 Å². The molecule has 1 amide bonds.